The van der Waals surface area contributed by atoms with E-state index in [9.17, 15) is 4.79 Å². The van der Waals surface area contributed by atoms with Crippen LogP contribution in [0.5, 0.6) is 0 Å². The molecule has 0 saturated carbocycles. The van der Waals surface area contributed by atoms with E-state index in [0.29, 0.717) is 5.56 Å². The monoisotopic (exact) mass is 300 g/mol. The van der Waals surface area contributed by atoms with Gasteiger partial charge >= 0.3 is 0 Å². The van der Waals surface area contributed by atoms with E-state index in [1.54, 1.807) is 17.6 Å². The Morgan fingerprint density at radius 3 is 2.93 bits per heavy atom. The van der Waals surface area contributed by atoms with E-state index in [1.807, 2.05) is 6.07 Å². The fourth-order valence-corrected chi connectivity index (χ4v) is 3.05. The summed E-state index contributed by atoms with van der Waals surface area (Å²) in [6.45, 7) is 0. The van der Waals surface area contributed by atoms with Crippen molar-refractivity contribution in [3.63, 3.8) is 0 Å². The molecule has 0 aliphatic carbocycles. The lowest BCUT2D eigenvalue weighted by molar-refractivity contribution is 0.112. The van der Waals surface area contributed by atoms with Crippen molar-refractivity contribution in [3.8, 4) is 0 Å². The maximum absolute atomic E-state index is 10.5. The molecule has 1 aromatic carbocycles. The SMILES string of the molecule is O=Cc1ccc(Sc2nncs2)c(Br)c1. The van der Waals surface area contributed by atoms with Gasteiger partial charge in [0.05, 0.1) is 0 Å². The number of halogens is 1. The third-order valence-electron chi connectivity index (χ3n) is 1.63. The Hall–Kier alpha value is -0.720. The van der Waals surface area contributed by atoms with Gasteiger partial charge in [-0.15, -0.1) is 10.2 Å². The molecule has 3 nitrogen and oxygen atoms in total. The molecule has 0 fully saturated rings. The van der Waals surface area contributed by atoms with Crippen LogP contribution in [0.2, 0.25) is 0 Å². The molecule has 1 aromatic heterocycles. The topological polar surface area (TPSA) is 42.9 Å². The van der Waals surface area contributed by atoms with E-state index in [-0.39, 0.29) is 0 Å². The van der Waals surface area contributed by atoms with Crippen LogP contribution >= 0.6 is 39.0 Å². The van der Waals surface area contributed by atoms with Gasteiger partial charge in [0, 0.05) is 14.9 Å². The van der Waals surface area contributed by atoms with Crippen molar-refractivity contribution in [2.75, 3.05) is 0 Å². The highest BCUT2D eigenvalue weighted by Gasteiger charge is 2.05. The van der Waals surface area contributed by atoms with Crippen LogP contribution in [0.15, 0.2) is 37.4 Å². The highest BCUT2D eigenvalue weighted by molar-refractivity contribution is 9.10. The lowest BCUT2D eigenvalue weighted by atomic mass is 10.2. The number of benzene rings is 1. The normalized spacial score (nSPS) is 10.2. The summed E-state index contributed by atoms with van der Waals surface area (Å²) < 4.78 is 1.78. The van der Waals surface area contributed by atoms with Crippen LogP contribution in [-0.2, 0) is 0 Å². The van der Waals surface area contributed by atoms with Crippen molar-refractivity contribution >= 4 is 45.3 Å². The number of carbonyl (C=O) groups excluding carboxylic acids is 1. The largest absolute Gasteiger partial charge is 0.298 e. The maximum Gasteiger partial charge on any atom is 0.178 e. The summed E-state index contributed by atoms with van der Waals surface area (Å²) in [6.07, 6.45) is 0.824. The highest BCUT2D eigenvalue weighted by atomic mass is 79.9. The van der Waals surface area contributed by atoms with Gasteiger partial charge in [-0.05, 0) is 28.1 Å². The Balaban J connectivity index is 2.26. The van der Waals surface area contributed by atoms with Crippen LogP contribution in [0.4, 0.5) is 0 Å². The molecule has 15 heavy (non-hydrogen) atoms. The molecule has 0 amide bonds. The highest BCUT2D eigenvalue weighted by Crippen LogP contribution is 2.34. The first-order chi connectivity index (χ1) is 7.29. The molecule has 6 heteroatoms. The van der Waals surface area contributed by atoms with Gasteiger partial charge in [0.1, 0.15) is 11.8 Å². The lowest BCUT2D eigenvalue weighted by Gasteiger charge is -2.01. The van der Waals surface area contributed by atoms with Gasteiger partial charge < -0.3 is 0 Å². The summed E-state index contributed by atoms with van der Waals surface area (Å²) >= 11 is 6.42. The Bertz CT molecular complexity index is 473. The summed E-state index contributed by atoms with van der Waals surface area (Å²) in [5.41, 5.74) is 2.35. The summed E-state index contributed by atoms with van der Waals surface area (Å²) in [4.78, 5) is 11.6. The second-order valence-corrected chi connectivity index (χ2v) is 5.59. The minimum atomic E-state index is 0.656. The molecule has 0 N–H and O–H groups in total. The van der Waals surface area contributed by atoms with Crippen molar-refractivity contribution in [3.05, 3.63) is 33.7 Å². The first-order valence-corrected chi connectivity index (χ1v) is 6.47. The van der Waals surface area contributed by atoms with Crippen molar-refractivity contribution in [1.29, 1.82) is 0 Å². The van der Waals surface area contributed by atoms with E-state index in [0.717, 1.165) is 20.0 Å². The van der Waals surface area contributed by atoms with Crippen molar-refractivity contribution in [1.82, 2.24) is 10.2 Å². The van der Waals surface area contributed by atoms with E-state index in [2.05, 4.69) is 26.1 Å². The van der Waals surface area contributed by atoms with Crippen LogP contribution in [0, 0.1) is 0 Å². The number of hydrogen-bond donors (Lipinski definition) is 0. The van der Waals surface area contributed by atoms with Crippen LogP contribution in [0.1, 0.15) is 10.4 Å². The zero-order valence-corrected chi connectivity index (χ0v) is 10.6. The summed E-state index contributed by atoms with van der Waals surface area (Å²) in [6, 6.07) is 5.46. The Labute approximate surface area is 103 Å². The molecule has 2 aromatic rings. The summed E-state index contributed by atoms with van der Waals surface area (Å²) in [5.74, 6) is 0. The van der Waals surface area contributed by atoms with Crippen molar-refractivity contribution in [2.45, 2.75) is 9.24 Å². The zero-order valence-electron chi connectivity index (χ0n) is 7.38. The van der Waals surface area contributed by atoms with Crippen molar-refractivity contribution < 1.29 is 4.79 Å². The Morgan fingerprint density at radius 2 is 2.33 bits per heavy atom. The van der Waals surface area contributed by atoms with E-state index >= 15 is 0 Å². The minimum absolute atomic E-state index is 0.656. The first-order valence-electron chi connectivity index (χ1n) is 3.98. The first kappa shape index (κ1) is 10.8. The lowest BCUT2D eigenvalue weighted by Crippen LogP contribution is -1.81. The molecular weight excluding hydrogens is 296 g/mol. The molecule has 1 heterocycles. The third kappa shape index (κ3) is 2.64. The molecule has 0 spiro atoms. The standard InChI is InChI=1S/C9H5BrN2OS2/c10-7-3-6(4-13)1-2-8(7)15-9-12-11-5-14-9/h1-5H. The van der Waals surface area contributed by atoms with E-state index in [1.165, 1.54) is 23.1 Å². The average Bonchev–Trinajstić information content (AvgIpc) is 2.74. The third-order valence-corrected chi connectivity index (χ3v) is 4.40. The van der Waals surface area contributed by atoms with Gasteiger partial charge in [-0.1, -0.05) is 29.2 Å². The van der Waals surface area contributed by atoms with Gasteiger partial charge in [0.2, 0.25) is 0 Å². The molecule has 2 rings (SSSR count). The fourth-order valence-electron chi connectivity index (χ4n) is 0.975. The number of nitrogens with zero attached hydrogens (tertiary/aromatic N) is 2. The van der Waals surface area contributed by atoms with Crippen molar-refractivity contribution in [2.24, 2.45) is 0 Å². The van der Waals surface area contributed by atoms with Gasteiger partial charge in [-0.25, -0.2) is 0 Å². The molecule has 0 aliphatic rings. The molecule has 0 saturated heterocycles. The van der Waals surface area contributed by atoms with Crippen LogP contribution in [0.25, 0.3) is 0 Å². The molecule has 76 valence electrons. The zero-order chi connectivity index (χ0) is 10.7. The van der Waals surface area contributed by atoms with Crippen LogP contribution < -0.4 is 0 Å². The van der Waals surface area contributed by atoms with E-state index in [4.69, 9.17) is 0 Å². The number of aromatic nitrogens is 2. The van der Waals surface area contributed by atoms with Crippen LogP contribution in [0.3, 0.4) is 0 Å². The maximum atomic E-state index is 10.5. The van der Waals surface area contributed by atoms with Gasteiger partial charge in [0.15, 0.2) is 4.34 Å². The molecule has 0 unspecified atom stereocenters. The van der Waals surface area contributed by atoms with Gasteiger partial charge in [0.25, 0.3) is 0 Å². The predicted octanol–water partition coefficient (Wildman–Crippen LogP) is 3.26. The quantitative estimate of drug-likeness (QED) is 0.816. The van der Waals surface area contributed by atoms with Gasteiger partial charge in [-0.3, -0.25) is 4.79 Å². The predicted molar refractivity (Wildman–Crippen MR) is 63.6 cm³/mol. The molecular formula is C9H5BrN2OS2. The Morgan fingerprint density at radius 1 is 1.47 bits per heavy atom. The number of carbonyl (C=O) groups is 1. The van der Waals surface area contributed by atoms with E-state index < -0.39 is 0 Å². The average molecular weight is 301 g/mol. The van der Waals surface area contributed by atoms with Gasteiger partial charge in [-0.2, -0.15) is 0 Å². The number of hydrogen-bond acceptors (Lipinski definition) is 5. The second kappa shape index (κ2) is 4.87. The smallest absolute Gasteiger partial charge is 0.178 e. The number of rotatable bonds is 3. The van der Waals surface area contributed by atoms with Crippen LogP contribution in [-0.4, -0.2) is 16.5 Å². The molecule has 0 bridgehead atoms. The fraction of sp³-hybridized carbons (Fsp3) is 0. The molecule has 0 radical (unpaired) electrons. The molecule has 0 atom stereocenters. The minimum Gasteiger partial charge on any atom is -0.298 e. The summed E-state index contributed by atoms with van der Waals surface area (Å²) in [5, 5.41) is 7.69. The Kier molecular flexibility index (Phi) is 3.50. The summed E-state index contributed by atoms with van der Waals surface area (Å²) in [7, 11) is 0. The second-order valence-electron chi connectivity index (χ2n) is 2.61. The molecule has 0 aliphatic heterocycles. The number of aldehydes is 1.